The summed E-state index contributed by atoms with van der Waals surface area (Å²) in [7, 11) is 0. The fourth-order valence-electron chi connectivity index (χ4n) is 6.48. The standard InChI is InChI=1S/C44H49NO3/c1-6-48-42(46)14-10-11-37-29-41(40-13-9-7-8-12-39(37)40)44(47)36-23-25-38(26-24-36)45-43(34-19-15-32(16-20-34)27-30(2)3)35-21-17-33(18-22-35)28-31(4)5/h7-9,12-13,15-26,29-31,43,45H,6,10-11,14,27-28H2,1-5H3. The summed E-state index contributed by atoms with van der Waals surface area (Å²) in [6.45, 7) is 11.2. The van der Waals surface area contributed by atoms with Crippen LogP contribution in [0, 0.1) is 11.8 Å². The van der Waals surface area contributed by atoms with Gasteiger partial charge in [-0.3, -0.25) is 9.59 Å². The van der Waals surface area contributed by atoms with Crippen LogP contribution in [-0.2, 0) is 28.8 Å². The van der Waals surface area contributed by atoms with E-state index >= 15 is 0 Å². The highest BCUT2D eigenvalue weighted by Gasteiger charge is 2.22. The second-order valence-electron chi connectivity index (χ2n) is 13.6. The Morgan fingerprint density at radius 3 is 1.79 bits per heavy atom. The van der Waals surface area contributed by atoms with Gasteiger partial charge in [0.2, 0.25) is 0 Å². The van der Waals surface area contributed by atoms with Crippen LogP contribution in [0.25, 0.3) is 11.1 Å². The highest BCUT2D eigenvalue weighted by molar-refractivity contribution is 6.14. The van der Waals surface area contributed by atoms with Crippen LogP contribution < -0.4 is 5.32 Å². The van der Waals surface area contributed by atoms with E-state index in [-0.39, 0.29) is 17.8 Å². The summed E-state index contributed by atoms with van der Waals surface area (Å²) in [5.74, 6) is 1.03. The van der Waals surface area contributed by atoms with E-state index in [1.807, 2.05) is 61.5 Å². The van der Waals surface area contributed by atoms with Crippen molar-refractivity contribution in [2.45, 2.75) is 72.8 Å². The van der Waals surface area contributed by atoms with E-state index in [2.05, 4.69) is 87.6 Å². The number of anilines is 1. The molecule has 3 aromatic carbocycles. The van der Waals surface area contributed by atoms with Crippen molar-refractivity contribution in [2.24, 2.45) is 11.8 Å². The van der Waals surface area contributed by atoms with Gasteiger partial charge in [-0.05, 0) is 114 Å². The highest BCUT2D eigenvalue weighted by atomic mass is 16.5. The maximum atomic E-state index is 13.9. The maximum absolute atomic E-state index is 13.9. The van der Waals surface area contributed by atoms with Crippen LogP contribution in [0.1, 0.15) is 97.2 Å². The molecule has 248 valence electrons. The van der Waals surface area contributed by atoms with Crippen molar-refractivity contribution in [1.29, 1.82) is 0 Å². The van der Waals surface area contributed by atoms with Crippen molar-refractivity contribution in [3.05, 3.63) is 148 Å². The molecule has 4 nitrogen and oxygen atoms in total. The Kier molecular flexibility index (Phi) is 11.8. The number of esters is 1. The predicted octanol–water partition coefficient (Wildman–Crippen LogP) is 10.5. The van der Waals surface area contributed by atoms with Gasteiger partial charge in [-0.1, -0.05) is 107 Å². The minimum Gasteiger partial charge on any atom is -0.466 e. The topological polar surface area (TPSA) is 55.4 Å². The van der Waals surface area contributed by atoms with Crippen molar-refractivity contribution in [2.75, 3.05) is 11.9 Å². The van der Waals surface area contributed by atoms with Gasteiger partial charge >= 0.3 is 5.97 Å². The van der Waals surface area contributed by atoms with E-state index in [1.165, 1.54) is 22.3 Å². The maximum Gasteiger partial charge on any atom is 0.305 e. The largest absolute Gasteiger partial charge is 0.466 e. The molecular formula is C44H49NO3. The molecular weight excluding hydrogens is 590 g/mol. The van der Waals surface area contributed by atoms with Gasteiger partial charge in [-0.15, -0.1) is 0 Å². The van der Waals surface area contributed by atoms with Crippen LogP contribution in [-0.4, -0.2) is 18.4 Å². The molecule has 4 heteroatoms. The Labute approximate surface area is 286 Å². The number of hydrogen-bond donors (Lipinski definition) is 1. The molecule has 0 radical (unpaired) electrons. The average molecular weight is 640 g/mol. The first-order valence-corrected chi connectivity index (χ1v) is 17.5. The number of benzene rings is 3. The number of carbonyl (C=O) groups excluding carboxylic acids is 2. The van der Waals surface area contributed by atoms with Crippen molar-refractivity contribution in [3.8, 4) is 11.1 Å². The Hall–Kier alpha value is -4.70. The summed E-state index contributed by atoms with van der Waals surface area (Å²) in [6.07, 6.45) is 3.86. The zero-order valence-corrected chi connectivity index (χ0v) is 29.1. The SMILES string of the molecule is CCOC(=O)CCCc1cc(C(=O)c2ccc(NC(c3ccc(CC(C)C)cc3)c3ccc(CC(C)C)cc3)cc2)c2cccccc1-2. The van der Waals surface area contributed by atoms with Gasteiger partial charge < -0.3 is 10.1 Å². The van der Waals surface area contributed by atoms with Crippen LogP contribution in [0.5, 0.6) is 0 Å². The first kappa shape index (κ1) is 34.6. The van der Waals surface area contributed by atoms with Gasteiger partial charge in [-0.2, -0.15) is 0 Å². The zero-order valence-electron chi connectivity index (χ0n) is 29.1. The number of nitrogens with one attached hydrogen (secondary N) is 1. The molecule has 0 spiro atoms. The van der Waals surface area contributed by atoms with Crippen molar-refractivity contribution >= 4 is 17.4 Å². The minimum atomic E-state index is -0.183. The van der Waals surface area contributed by atoms with Gasteiger partial charge in [0.25, 0.3) is 0 Å². The summed E-state index contributed by atoms with van der Waals surface area (Å²) < 4.78 is 5.10. The molecule has 2 aliphatic rings. The van der Waals surface area contributed by atoms with Crippen molar-refractivity contribution in [1.82, 2.24) is 0 Å². The van der Waals surface area contributed by atoms with E-state index in [1.54, 1.807) is 0 Å². The molecule has 0 bridgehead atoms. The summed E-state index contributed by atoms with van der Waals surface area (Å²) in [4.78, 5) is 25.9. The lowest BCUT2D eigenvalue weighted by molar-refractivity contribution is -0.143. The Morgan fingerprint density at radius 2 is 1.25 bits per heavy atom. The Bertz CT molecular complexity index is 1700. The molecule has 0 fully saturated rings. The van der Waals surface area contributed by atoms with E-state index in [4.69, 9.17) is 4.74 Å². The van der Waals surface area contributed by atoms with Gasteiger partial charge in [0.05, 0.1) is 12.6 Å². The molecule has 0 aromatic heterocycles. The molecule has 2 aliphatic carbocycles. The lowest BCUT2D eigenvalue weighted by atomic mass is 9.93. The van der Waals surface area contributed by atoms with Crippen LogP contribution >= 0.6 is 0 Å². The summed E-state index contributed by atoms with van der Waals surface area (Å²) in [5, 5.41) is 3.77. The van der Waals surface area contributed by atoms with Crippen LogP contribution in [0.2, 0.25) is 0 Å². The molecule has 0 heterocycles. The fourth-order valence-corrected chi connectivity index (χ4v) is 6.48. The van der Waals surface area contributed by atoms with Crippen LogP contribution in [0.3, 0.4) is 0 Å². The second-order valence-corrected chi connectivity index (χ2v) is 13.6. The van der Waals surface area contributed by atoms with E-state index in [9.17, 15) is 9.59 Å². The lowest BCUT2D eigenvalue weighted by Gasteiger charge is -2.22. The quantitative estimate of drug-likeness (QED) is 0.0915. The van der Waals surface area contributed by atoms with Gasteiger partial charge in [0, 0.05) is 23.2 Å². The van der Waals surface area contributed by atoms with E-state index in [0.717, 1.165) is 35.2 Å². The smallest absolute Gasteiger partial charge is 0.305 e. The van der Waals surface area contributed by atoms with Crippen LogP contribution in [0.4, 0.5) is 5.69 Å². The molecule has 0 atom stereocenters. The van der Waals surface area contributed by atoms with E-state index in [0.29, 0.717) is 48.8 Å². The predicted molar refractivity (Wildman–Crippen MR) is 198 cm³/mol. The van der Waals surface area contributed by atoms with Crippen LogP contribution in [0.15, 0.2) is 109 Å². The Morgan fingerprint density at radius 1 is 0.688 bits per heavy atom. The number of rotatable bonds is 15. The van der Waals surface area contributed by atoms with Gasteiger partial charge in [-0.25, -0.2) is 0 Å². The molecule has 0 saturated heterocycles. The molecule has 5 rings (SSSR count). The van der Waals surface area contributed by atoms with Gasteiger partial charge in [0.1, 0.15) is 0 Å². The second kappa shape index (κ2) is 16.4. The summed E-state index contributed by atoms with van der Waals surface area (Å²) in [5.41, 5.74) is 10.4. The molecule has 0 aliphatic heterocycles. The number of fused-ring (bicyclic) bond motifs is 1. The minimum absolute atomic E-state index is 0.00701. The third kappa shape index (κ3) is 9.01. The number of carbonyl (C=O) groups is 2. The number of ether oxygens (including phenoxy) is 1. The average Bonchev–Trinajstić information content (AvgIpc) is 3.22. The normalized spacial score (nSPS) is 11.4. The van der Waals surface area contributed by atoms with Crippen molar-refractivity contribution in [3.63, 3.8) is 0 Å². The molecule has 0 amide bonds. The molecule has 0 saturated carbocycles. The zero-order chi connectivity index (χ0) is 34.0. The first-order chi connectivity index (χ1) is 23.2. The fraction of sp³-hybridized carbons (Fsp3) is 0.318. The summed E-state index contributed by atoms with van der Waals surface area (Å²) in [6, 6.07) is 37.8. The molecule has 0 unspecified atom stereocenters. The third-order valence-electron chi connectivity index (χ3n) is 8.74. The molecule has 1 N–H and O–H groups in total. The first-order valence-electron chi connectivity index (χ1n) is 17.5. The highest BCUT2D eigenvalue weighted by Crippen LogP contribution is 2.35. The molecule has 3 aromatic rings. The number of aryl methyl sites for hydroxylation is 1. The van der Waals surface area contributed by atoms with Gasteiger partial charge in [0.15, 0.2) is 5.78 Å². The number of ketones is 1. The van der Waals surface area contributed by atoms with Crippen molar-refractivity contribution < 1.29 is 14.3 Å². The third-order valence-corrected chi connectivity index (χ3v) is 8.74. The summed E-state index contributed by atoms with van der Waals surface area (Å²) >= 11 is 0. The molecule has 48 heavy (non-hydrogen) atoms. The number of hydrogen-bond acceptors (Lipinski definition) is 4. The van der Waals surface area contributed by atoms with E-state index < -0.39 is 0 Å². The lowest BCUT2D eigenvalue weighted by Crippen LogP contribution is -2.13. The Balaban J connectivity index is 1.38. The monoisotopic (exact) mass is 639 g/mol.